The molecule has 0 atom stereocenters. The highest BCUT2D eigenvalue weighted by molar-refractivity contribution is 5.75. The molecule has 1 aromatic carbocycles. The molecular formula is C14H17N5O2. The maximum Gasteiger partial charge on any atom is 0.353 e. The van der Waals surface area contributed by atoms with Crippen molar-refractivity contribution in [2.45, 2.75) is 13.8 Å². The van der Waals surface area contributed by atoms with Crippen LogP contribution in [0.5, 0.6) is 0 Å². The smallest absolute Gasteiger partial charge is 0.353 e. The van der Waals surface area contributed by atoms with E-state index in [2.05, 4.69) is 15.3 Å². The van der Waals surface area contributed by atoms with Crippen LogP contribution in [0.2, 0.25) is 0 Å². The van der Waals surface area contributed by atoms with Gasteiger partial charge in [-0.1, -0.05) is 18.2 Å². The molecule has 0 aliphatic heterocycles. The fourth-order valence-electron chi connectivity index (χ4n) is 2.09. The molecule has 0 aliphatic rings. The molecule has 0 saturated carbocycles. The van der Waals surface area contributed by atoms with Crippen LogP contribution in [0.4, 0.5) is 23.0 Å². The summed E-state index contributed by atoms with van der Waals surface area (Å²) in [6, 6.07) is 9.45. The van der Waals surface area contributed by atoms with Crippen molar-refractivity contribution in [1.82, 2.24) is 9.97 Å². The molecule has 1 heterocycles. The number of anilines is 3. The van der Waals surface area contributed by atoms with E-state index < -0.39 is 4.92 Å². The summed E-state index contributed by atoms with van der Waals surface area (Å²) in [6.45, 7) is 4.90. The van der Waals surface area contributed by atoms with Gasteiger partial charge in [0.2, 0.25) is 11.6 Å². The summed E-state index contributed by atoms with van der Waals surface area (Å²) in [5, 5.41) is 14.3. The number of aromatic nitrogens is 2. The van der Waals surface area contributed by atoms with Crippen LogP contribution >= 0.6 is 0 Å². The summed E-state index contributed by atoms with van der Waals surface area (Å²) in [5.74, 6) is 0.529. The van der Waals surface area contributed by atoms with Gasteiger partial charge in [0.25, 0.3) is 0 Å². The van der Waals surface area contributed by atoms with Crippen molar-refractivity contribution in [3.63, 3.8) is 0 Å². The quantitative estimate of drug-likeness (QED) is 0.649. The van der Waals surface area contributed by atoms with E-state index in [1.165, 1.54) is 6.33 Å². The Morgan fingerprint density at radius 3 is 2.52 bits per heavy atom. The molecule has 1 N–H and O–H groups in total. The third kappa shape index (κ3) is 3.07. The third-order valence-corrected chi connectivity index (χ3v) is 2.97. The lowest BCUT2D eigenvalue weighted by molar-refractivity contribution is -0.383. The summed E-state index contributed by atoms with van der Waals surface area (Å²) in [4.78, 5) is 20.9. The number of rotatable bonds is 6. The van der Waals surface area contributed by atoms with Crippen molar-refractivity contribution >= 4 is 23.0 Å². The van der Waals surface area contributed by atoms with E-state index in [9.17, 15) is 10.1 Å². The van der Waals surface area contributed by atoms with Gasteiger partial charge in [-0.2, -0.15) is 0 Å². The Kier molecular flexibility index (Phi) is 4.65. The van der Waals surface area contributed by atoms with Crippen LogP contribution in [-0.4, -0.2) is 28.0 Å². The van der Waals surface area contributed by atoms with Crippen molar-refractivity contribution in [3.05, 3.63) is 46.8 Å². The van der Waals surface area contributed by atoms with Crippen LogP contribution in [0.15, 0.2) is 36.7 Å². The van der Waals surface area contributed by atoms with Crippen molar-refractivity contribution in [1.29, 1.82) is 0 Å². The number of hydrogen-bond acceptors (Lipinski definition) is 6. The van der Waals surface area contributed by atoms with Crippen molar-refractivity contribution in [2.24, 2.45) is 0 Å². The average molecular weight is 287 g/mol. The zero-order valence-electron chi connectivity index (χ0n) is 12.0. The van der Waals surface area contributed by atoms with Gasteiger partial charge >= 0.3 is 5.69 Å². The zero-order chi connectivity index (χ0) is 15.2. The van der Waals surface area contributed by atoms with Gasteiger partial charge < -0.3 is 10.2 Å². The van der Waals surface area contributed by atoms with Crippen LogP contribution in [0.3, 0.4) is 0 Å². The molecule has 0 aliphatic carbocycles. The van der Waals surface area contributed by atoms with E-state index in [0.29, 0.717) is 18.9 Å². The van der Waals surface area contributed by atoms with E-state index in [1.54, 1.807) is 4.90 Å². The topological polar surface area (TPSA) is 84.2 Å². The molecule has 110 valence electrons. The van der Waals surface area contributed by atoms with E-state index in [4.69, 9.17) is 0 Å². The molecule has 0 spiro atoms. The molecule has 0 fully saturated rings. The Labute approximate surface area is 122 Å². The van der Waals surface area contributed by atoms with Gasteiger partial charge in [-0.05, 0) is 26.0 Å². The summed E-state index contributed by atoms with van der Waals surface area (Å²) in [6.07, 6.45) is 1.34. The van der Waals surface area contributed by atoms with Gasteiger partial charge in [0, 0.05) is 18.8 Å². The maximum atomic E-state index is 11.4. The van der Waals surface area contributed by atoms with E-state index in [1.807, 2.05) is 44.2 Å². The van der Waals surface area contributed by atoms with Gasteiger partial charge in [0.05, 0.1) is 4.92 Å². The number of hydrogen-bond donors (Lipinski definition) is 1. The summed E-state index contributed by atoms with van der Waals surface area (Å²) < 4.78 is 0. The Morgan fingerprint density at radius 2 is 1.95 bits per heavy atom. The van der Waals surface area contributed by atoms with Gasteiger partial charge in [-0.25, -0.2) is 9.97 Å². The second-order valence-electron chi connectivity index (χ2n) is 4.26. The van der Waals surface area contributed by atoms with E-state index >= 15 is 0 Å². The highest BCUT2D eigenvalue weighted by Crippen LogP contribution is 2.35. The third-order valence-electron chi connectivity index (χ3n) is 2.97. The predicted octanol–water partition coefficient (Wildman–Crippen LogP) is 2.97. The van der Waals surface area contributed by atoms with Gasteiger partial charge in [0.15, 0.2) is 0 Å². The zero-order valence-corrected chi connectivity index (χ0v) is 12.0. The number of nitrogens with one attached hydrogen (secondary N) is 1. The highest BCUT2D eigenvalue weighted by Gasteiger charge is 2.26. The average Bonchev–Trinajstić information content (AvgIpc) is 2.49. The van der Waals surface area contributed by atoms with Crippen molar-refractivity contribution in [2.75, 3.05) is 23.3 Å². The fourth-order valence-corrected chi connectivity index (χ4v) is 2.09. The molecule has 0 bridgehead atoms. The molecule has 0 saturated heterocycles. The summed E-state index contributed by atoms with van der Waals surface area (Å²) >= 11 is 0. The molecule has 7 nitrogen and oxygen atoms in total. The second kappa shape index (κ2) is 6.65. The molecule has 0 unspecified atom stereocenters. The Bertz CT molecular complexity index is 618. The normalized spacial score (nSPS) is 10.2. The molecule has 1 aromatic heterocycles. The van der Waals surface area contributed by atoms with Crippen molar-refractivity contribution in [3.8, 4) is 0 Å². The first kappa shape index (κ1) is 14.7. The van der Waals surface area contributed by atoms with E-state index in [0.717, 1.165) is 5.69 Å². The first-order valence-corrected chi connectivity index (χ1v) is 6.74. The highest BCUT2D eigenvalue weighted by atomic mass is 16.6. The SMILES string of the molecule is CCNc1ncnc(N(CC)c2ccccc2)c1[N+](=O)[O-]. The van der Waals surface area contributed by atoms with Crippen molar-refractivity contribution < 1.29 is 4.92 Å². The molecule has 7 heteroatoms. The van der Waals surface area contributed by atoms with E-state index in [-0.39, 0.29) is 11.5 Å². The standard InChI is InChI=1S/C14H17N5O2/c1-3-15-13-12(19(20)21)14(17-10-16-13)18(4-2)11-8-6-5-7-9-11/h5-10H,3-4H2,1-2H3,(H,15,16,17). The Hall–Kier alpha value is -2.70. The minimum atomic E-state index is -0.446. The maximum absolute atomic E-state index is 11.4. The first-order valence-electron chi connectivity index (χ1n) is 6.74. The number of nitrogens with zero attached hydrogens (tertiary/aromatic N) is 4. The molecule has 2 rings (SSSR count). The second-order valence-corrected chi connectivity index (χ2v) is 4.26. The van der Waals surface area contributed by atoms with Crippen LogP contribution < -0.4 is 10.2 Å². The Balaban J connectivity index is 2.56. The molecular weight excluding hydrogens is 270 g/mol. The molecule has 2 aromatic rings. The molecule has 0 radical (unpaired) electrons. The predicted molar refractivity (Wildman–Crippen MR) is 82.0 cm³/mol. The number of nitro groups is 1. The number of para-hydroxylation sites is 1. The van der Waals surface area contributed by atoms with Gasteiger partial charge in [-0.3, -0.25) is 10.1 Å². The minimum absolute atomic E-state index is 0.106. The van der Waals surface area contributed by atoms with Crippen LogP contribution in [0.25, 0.3) is 0 Å². The lowest BCUT2D eigenvalue weighted by atomic mass is 10.2. The van der Waals surface area contributed by atoms with Gasteiger partial charge in [-0.15, -0.1) is 0 Å². The van der Waals surface area contributed by atoms with Crippen LogP contribution in [0, 0.1) is 10.1 Å². The number of benzene rings is 1. The largest absolute Gasteiger partial charge is 0.364 e. The summed E-state index contributed by atoms with van der Waals surface area (Å²) in [7, 11) is 0. The monoisotopic (exact) mass is 287 g/mol. The lowest BCUT2D eigenvalue weighted by Gasteiger charge is -2.22. The lowest BCUT2D eigenvalue weighted by Crippen LogP contribution is -2.20. The fraction of sp³-hybridized carbons (Fsp3) is 0.286. The van der Waals surface area contributed by atoms with Crippen LogP contribution in [0.1, 0.15) is 13.8 Å². The van der Waals surface area contributed by atoms with Gasteiger partial charge in [0.1, 0.15) is 6.33 Å². The summed E-state index contributed by atoms with van der Waals surface area (Å²) in [5.41, 5.74) is 0.745. The Morgan fingerprint density at radius 1 is 1.24 bits per heavy atom. The first-order chi connectivity index (χ1) is 10.2. The minimum Gasteiger partial charge on any atom is -0.364 e. The molecule has 21 heavy (non-hydrogen) atoms. The van der Waals surface area contributed by atoms with Crippen LogP contribution in [-0.2, 0) is 0 Å². The molecule has 0 amide bonds.